The van der Waals surface area contributed by atoms with Crippen LogP contribution in [0.1, 0.15) is 30.0 Å². The summed E-state index contributed by atoms with van der Waals surface area (Å²) in [5.41, 5.74) is 1.15. The molecule has 126 valence electrons. The van der Waals surface area contributed by atoms with Gasteiger partial charge >= 0.3 is 6.03 Å². The molecule has 1 atom stereocenters. The van der Waals surface area contributed by atoms with Crippen molar-refractivity contribution in [1.82, 2.24) is 20.1 Å². The molecular formula is C17H26N4OS. The summed E-state index contributed by atoms with van der Waals surface area (Å²) in [6, 6.07) is 0.101. The molecule has 0 saturated carbocycles. The zero-order chi connectivity index (χ0) is 16.1. The van der Waals surface area contributed by atoms with Gasteiger partial charge in [0.15, 0.2) is 0 Å². The molecule has 23 heavy (non-hydrogen) atoms. The smallest absolute Gasteiger partial charge is 0.317 e. The normalized spacial score (nSPS) is 22.3. The summed E-state index contributed by atoms with van der Waals surface area (Å²) in [6.07, 6.45) is 7.91. The van der Waals surface area contributed by atoms with Crippen molar-refractivity contribution < 1.29 is 4.79 Å². The zero-order valence-corrected chi connectivity index (χ0v) is 14.6. The second-order valence-corrected chi connectivity index (χ2v) is 7.52. The average molecular weight is 334 g/mol. The number of piperazine rings is 1. The van der Waals surface area contributed by atoms with Crippen LogP contribution in [0.2, 0.25) is 0 Å². The van der Waals surface area contributed by atoms with E-state index >= 15 is 0 Å². The summed E-state index contributed by atoms with van der Waals surface area (Å²) in [4.78, 5) is 21.1. The Kier molecular flexibility index (Phi) is 5.67. The zero-order valence-electron chi connectivity index (χ0n) is 13.8. The molecule has 5 nitrogen and oxygen atoms in total. The first-order valence-electron chi connectivity index (χ1n) is 8.52. The van der Waals surface area contributed by atoms with E-state index < -0.39 is 0 Å². The van der Waals surface area contributed by atoms with E-state index in [4.69, 9.17) is 0 Å². The fourth-order valence-electron chi connectivity index (χ4n) is 3.20. The summed E-state index contributed by atoms with van der Waals surface area (Å²) in [6.45, 7) is 7.21. The van der Waals surface area contributed by atoms with E-state index in [0.29, 0.717) is 5.92 Å². The number of hydrogen-bond donors (Lipinski definition) is 1. The number of thiazole rings is 1. The standard InChI is InChI=1S/C17H26N4OS/c1-14-19-16(13-23-14)12-20-7-9-21(10-8-20)17(22)18-11-15-5-3-2-4-6-15/h2-3,13,15H,4-12H2,1H3,(H,18,22). The van der Waals surface area contributed by atoms with Crippen LogP contribution in [-0.4, -0.2) is 53.5 Å². The lowest BCUT2D eigenvalue weighted by Gasteiger charge is -2.34. The third kappa shape index (κ3) is 4.78. The largest absolute Gasteiger partial charge is 0.338 e. The number of carbonyl (C=O) groups excluding carboxylic acids is 1. The van der Waals surface area contributed by atoms with Crippen molar-refractivity contribution in [3.63, 3.8) is 0 Å². The summed E-state index contributed by atoms with van der Waals surface area (Å²) in [5.74, 6) is 0.609. The molecule has 2 heterocycles. The molecule has 3 rings (SSSR count). The monoisotopic (exact) mass is 334 g/mol. The molecule has 1 aliphatic heterocycles. The predicted molar refractivity (Wildman–Crippen MR) is 93.6 cm³/mol. The minimum Gasteiger partial charge on any atom is -0.338 e. The van der Waals surface area contributed by atoms with Gasteiger partial charge in [-0.05, 0) is 32.1 Å². The van der Waals surface area contributed by atoms with Gasteiger partial charge in [0.25, 0.3) is 0 Å². The number of hydrogen-bond acceptors (Lipinski definition) is 4. The number of nitrogens with zero attached hydrogens (tertiary/aromatic N) is 3. The van der Waals surface area contributed by atoms with E-state index in [2.05, 4.69) is 32.7 Å². The van der Waals surface area contributed by atoms with Gasteiger partial charge in [-0.3, -0.25) is 4.90 Å². The fraction of sp³-hybridized carbons (Fsp3) is 0.647. The maximum absolute atomic E-state index is 12.3. The summed E-state index contributed by atoms with van der Waals surface area (Å²) in [7, 11) is 0. The summed E-state index contributed by atoms with van der Waals surface area (Å²) in [5, 5.41) is 6.37. The van der Waals surface area contributed by atoms with Gasteiger partial charge in [-0.1, -0.05) is 12.2 Å². The third-order valence-electron chi connectivity index (χ3n) is 4.63. The van der Waals surface area contributed by atoms with Gasteiger partial charge in [-0.15, -0.1) is 11.3 Å². The molecule has 2 amide bonds. The number of urea groups is 1. The van der Waals surface area contributed by atoms with E-state index in [1.54, 1.807) is 11.3 Å². The lowest BCUT2D eigenvalue weighted by Crippen LogP contribution is -2.52. The molecule has 1 N–H and O–H groups in total. The van der Waals surface area contributed by atoms with E-state index in [1.165, 1.54) is 6.42 Å². The maximum Gasteiger partial charge on any atom is 0.317 e. The first-order chi connectivity index (χ1) is 11.2. The Morgan fingerprint density at radius 1 is 1.35 bits per heavy atom. The Hall–Kier alpha value is -1.40. The van der Waals surface area contributed by atoms with E-state index in [9.17, 15) is 4.79 Å². The molecule has 0 bridgehead atoms. The van der Waals surface area contributed by atoms with Crippen LogP contribution < -0.4 is 5.32 Å². The fourth-order valence-corrected chi connectivity index (χ4v) is 3.81. The van der Waals surface area contributed by atoms with Crippen LogP contribution in [-0.2, 0) is 6.54 Å². The molecule has 1 aromatic rings. The van der Waals surface area contributed by atoms with Crippen LogP contribution >= 0.6 is 11.3 Å². The minimum absolute atomic E-state index is 0.101. The van der Waals surface area contributed by atoms with Gasteiger partial charge in [-0.2, -0.15) is 0 Å². The quantitative estimate of drug-likeness (QED) is 0.861. The van der Waals surface area contributed by atoms with Crippen LogP contribution in [0.15, 0.2) is 17.5 Å². The minimum atomic E-state index is 0.101. The number of aromatic nitrogens is 1. The average Bonchev–Trinajstić information content (AvgIpc) is 2.99. The Labute approximate surface area is 142 Å². The highest BCUT2D eigenvalue weighted by molar-refractivity contribution is 7.09. The van der Waals surface area contributed by atoms with Gasteiger partial charge < -0.3 is 10.2 Å². The van der Waals surface area contributed by atoms with Gasteiger partial charge in [-0.25, -0.2) is 9.78 Å². The molecule has 6 heteroatoms. The van der Waals surface area contributed by atoms with Gasteiger partial charge in [0.05, 0.1) is 10.7 Å². The van der Waals surface area contributed by atoms with Crippen LogP contribution in [0.25, 0.3) is 0 Å². The molecule has 2 aliphatic rings. The molecule has 1 saturated heterocycles. The van der Waals surface area contributed by atoms with Crippen molar-refractivity contribution in [3.8, 4) is 0 Å². The van der Waals surface area contributed by atoms with Crippen molar-refractivity contribution in [2.45, 2.75) is 32.7 Å². The topological polar surface area (TPSA) is 48.5 Å². The van der Waals surface area contributed by atoms with Gasteiger partial charge in [0.2, 0.25) is 0 Å². The van der Waals surface area contributed by atoms with Gasteiger partial charge in [0.1, 0.15) is 0 Å². The van der Waals surface area contributed by atoms with Crippen molar-refractivity contribution in [1.29, 1.82) is 0 Å². The van der Waals surface area contributed by atoms with E-state index in [0.717, 1.165) is 62.8 Å². The number of amides is 2. The maximum atomic E-state index is 12.3. The first kappa shape index (κ1) is 16.5. The molecule has 1 fully saturated rings. The van der Waals surface area contributed by atoms with E-state index in [-0.39, 0.29) is 6.03 Å². The highest BCUT2D eigenvalue weighted by atomic mass is 32.1. The predicted octanol–water partition coefficient (Wildman–Crippen LogP) is 2.64. The lowest BCUT2D eigenvalue weighted by molar-refractivity contribution is 0.133. The summed E-state index contributed by atoms with van der Waals surface area (Å²) >= 11 is 1.70. The van der Waals surface area contributed by atoms with Crippen LogP contribution in [0.4, 0.5) is 4.79 Å². The number of rotatable bonds is 4. The Balaban J connectivity index is 1.37. The number of allylic oxidation sites excluding steroid dienone is 2. The molecule has 1 unspecified atom stereocenters. The molecule has 0 radical (unpaired) electrons. The van der Waals surface area contributed by atoms with Crippen molar-refractivity contribution in [3.05, 3.63) is 28.2 Å². The highest BCUT2D eigenvalue weighted by Crippen LogP contribution is 2.17. The molecule has 1 aromatic heterocycles. The van der Waals surface area contributed by atoms with Crippen LogP contribution in [0.3, 0.4) is 0 Å². The van der Waals surface area contributed by atoms with Crippen molar-refractivity contribution in [2.75, 3.05) is 32.7 Å². The molecule has 1 aliphatic carbocycles. The Morgan fingerprint density at radius 3 is 2.83 bits per heavy atom. The second-order valence-electron chi connectivity index (χ2n) is 6.46. The lowest BCUT2D eigenvalue weighted by atomic mass is 9.94. The summed E-state index contributed by atoms with van der Waals surface area (Å²) < 4.78 is 0. The molecule has 0 aromatic carbocycles. The van der Waals surface area contributed by atoms with Crippen molar-refractivity contribution in [2.24, 2.45) is 5.92 Å². The first-order valence-corrected chi connectivity index (χ1v) is 9.40. The number of aryl methyl sites for hydroxylation is 1. The van der Waals surface area contributed by atoms with Crippen LogP contribution in [0, 0.1) is 12.8 Å². The second kappa shape index (κ2) is 7.93. The molecule has 0 spiro atoms. The SMILES string of the molecule is Cc1nc(CN2CCN(C(=O)NCC3CC=CCC3)CC2)cs1. The third-order valence-corrected chi connectivity index (χ3v) is 5.45. The van der Waals surface area contributed by atoms with Crippen LogP contribution in [0.5, 0.6) is 0 Å². The number of carbonyl (C=O) groups is 1. The van der Waals surface area contributed by atoms with E-state index in [1.807, 2.05) is 11.8 Å². The highest BCUT2D eigenvalue weighted by Gasteiger charge is 2.22. The van der Waals surface area contributed by atoms with Crippen molar-refractivity contribution >= 4 is 17.4 Å². The Morgan fingerprint density at radius 2 is 2.17 bits per heavy atom. The molecular weight excluding hydrogens is 308 g/mol. The van der Waals surface area contributed by atoms with Gasteiger partial charge in [0, 0.05) is 44.6 Å². The number of nitrogens with one attached hydrogen (secondary N) is 1. The Bertz CT molecular complexity index is 549.